The second kappa shape index (κ2) is 6.12. The SMILES string of the molecule is Cc1nnc2c(N3CCN(Cc4ccc(F)cc4)C(=O)C3)nccn12. The third kappa shape index (κ3) is 2.90. The summed E-state index contributed by atoms with van der Waals surface area (Å²) in [7, 11) is 0. The van der Waals surface area contributed by atoms with E-state index in [2.05, 4.69) is 15.2 Å². The van der Waals surface area contributed by atoms with E-state index in [9.17, 15) is 9.18 Å². The van der Waals surface area contributed by atoms with Crippen LogP contribution < -0.4 is 4.90 Å². The summed E-state index contributed by atoms with van der Waals surface area (Å²) in [6.45, 7) is 3.82. The van der Waals surface area contributed by atoms with Crippen LogP contribution in [0.1, 0.15) is 11.4 Å². The third-order valence-electron chi connectivity index (χ3n) is 4.38. The first kappa shape index (κ1) is 15.5. The molecule has 128 valence electrons. The molecule has 4 rings (SSSR count). The molecule has 0 unspecified atom stereocenters. The number of amides is 1. The Labute approximate surface area is 143 Å². The summed E-state index contributed by atoms with van der Waals surface area (Å²) in [5, 5.41) is 8.23. The van der Waals surface area contributed by atoms with Gasteiger partial charge in [-0.1, -0.05) is 12.1 Å². The summed E-state index contributed by atoms with van der Waals surface area (Å²) < 4.78 is 14.9. The molecule has 1 aromatic carbocycles. The lowest BCUT2D eigenvalue weighted by Crippen LogP contribution is -2.50. The Kier molecular flexibility index (Phi) is 3.79. The van der Waals surface area contributed by atoms with Crippen molar-refractivity contribution < 1.29 is 9.18 Å². The lowest BCUT2D eigenvalue weighted by atomic mass is 10.2. The number of fused-ring (bicyclic) bond motifs is 1. The van der Waals surface area contributed by atoms with E-state index in [1.807, 2.05) is 16.2 Å². The molecule has 0 atom stereocenters. The maximum Gasteiger partial charge on any atom is 0.242 e. The molecule has 1 amide bonds. The van der Waals surface area contributed by atoms with Crippen LogP contribution in [0.15, 0.2) is 36.7 Å². The maximum absolute atomic E-state index is 13.0. The summed E-state index contributed by atoms with van der Waals surface area (Å²) in [5.41, 5.74) is 1.57. The van der Waals surface area contributed by atoms with Gasteiger partial charge in [-0.25, -0.2) is 9.37 Å². The second-order valence-electron chi connectivity index (χ2n) is 6.05. The molecule has 0 bridgehead atoms. The van der Waals surface area contributed by atoms with Gasteiger partial charge in [0, 0.05) is 32.0 Å². The second-order valence-corrected chi connectivity index (χ2v) is 6.05. The Bertz CT molecular complexity index is 923. The maximum atomic E-state index is 13.0. The van der Waals surface area contributed by atoms with E-state index in [4.69, 9.17) is 0 Å². The monoisotopic (exact) mass is 340 g/mol. The summed E-state index contributed by atoms with van der Waals surface area (Å²) in [5.74, 6) is 1.18. The molecule has 0 saturated carbocycles. The Morgan fingerprint density at radius 3 is 2.72 bits per heavy atom. The fourth-order valence-electron chi connectivity index (χ4n) is 3.02. The van der Waals surface area contributed by atoms with Crippen molar-refractivity contribution in [1.29, 1.82) is 0 Å². The summed E-state index contributed by atoms with van der Waals surface area (Å²) in [4.78, 5) is 20.6. The van der Waals surface area contributed by atoms with Gasteiger partial charge >= 0.3 is 0 Å². The van der Waals surface area contributed by atoms with E-state index in [0.717, 1.165) is 11.4 Å². The van der Waals surface area contributed by atoms with Crippen molar-refractivity contribution in [2.75, 3.05) is 24.5 Å². The highest BCUT2D eigenvalue weighted by molar-refractivity contribution is 5.84. The first-order valence-electron chi connectivity index (χ1n) is 8.05. The minimum absolute atomic E-state index is 0.00983. The zero-order valence-corrected chi connectivity index (χ0v) is 13.8. The van der Waals surface area contributed by atoms with E-state index in [1.165, 1.54) is 12.1 Å². The molecule has 1 fully saturated rings. The highest BCUT2D eigenvalue weighted by Crippen LogP contribution is 2.20. The van der Waals surface area contributed by atoms with Gasteiger partial charge in [-0.3, -0.25) is 9.20 Å². The quantitative estimate of drug-likeness (QED) is 0.721. The van der Waals surface area contributed by atoms with Crippen LogP contribution in [0.25, 0.3) is 5.65 Å². The normalized spacial score (nSPS) is 15.2. The number of carbonyl (C=O) groups is 1. The highest BCUT2D eigenvalue weighted by atomic mass is 19.1. The molecule has 0 radical (unpaired) electrons. The number of anilines is 1. The molecule has 1 aliphatic heterocycles. The number of carbonyl (C=O) groups excluding carboxylic acids is 1. The standard InChI is InChI=1S/C17H17FN6O/c1-12-20-21-17-16(19-6-7-24(12)17)23-9-8-22(15(25)11-23)10-13-2-4-14(18)5-3-13/h2-7H,8-11H2,1H3. The van der Waals surface area contributed by atoms with Crippen molar-refractivity contribution in [3.63, 3.8) is 0 Å². The molecule has 3 aromatic rings. The molecular weight excluding hydrogens is 323 g/mol. The minimum Gasteiger partial charge on any atom is -0.342 e. The van der Waals surface area contributed by atoms with Gasteiger partial charge in [0.05, 0.1) is 6.54 Å². The number of piperazine rings is 1. The average molecular weight is 340 g/mol. The zero-order chi connectivity index (χ0) is 17.4. The first-order chi connectivity index (χ1) is 12.1. The molecule has 3 heterocycles. The predicted molar refractivity (Wildman–Crippen MR) is 89.5 cm³/mol. The minimum atomic E-state index is -0.275. The molecule has 2 aromatic heterocycles. The first-order valence-corrected chi connectivity index (χ1v) is 8.05. The van der Waals surface area contributed by atoms with E-state index in [0.29, 0.717) is 31.1 Å². The average Bonchev–Trinajstić information content (AvgIpc) is 3.00. The Hall–Kier alpha value is -3.03. The van der Waals surface area contributed by atoms with Gasteiger partial charge in [0.1, 0.15) is 11.6 Å². The Morgan fingerprint density at radius 2 is 1.96 bits per heavy atom. The number of aromatic nitrogens is 4. The molecular formula is C17H17FN6O. The number of hydrogen-bond donors (Lipinski definition) is 0. The largest absolute Gasteiger partial charge is 0.342 e. The smallest absolute Gasteiger partial charge is 0.242 e. The summed E-state index contributed by atoms with van der Waals surface area (Å²) in [6.07, 6.45) is 3.49. The van der Waals surface area contributed by atoms with Gasteiger partial charge in [0.25, 0.3) is 0 Å². The summed E-state index contributed by atoms with van der Waals surface area (Å²) >= 11 is 0. The van der Waals surface area contributed by atoms with Gasteiger partial charge in [-0.15, -0.1) is 10.2 Å². The van der Waals surface area contributed by atoms with Gasteiger partial charge in [-0.2, -0.15) is 0 Å². The van der Waals surface area contributed by atoms with E-state index < -0.39 is 0 Å². The van der Waals surface area contributed by atoms with Crippen molar-refractivity contribution in [3.05, 3.63) is 53.9 Å². The molecule has 0 N–H and O–H groups in total. The number of benzene rings is 1. The molecule has 25 heavy (non-hydrogen) atoms. The van der Waals surface area contributed by atoms with Crippen LogP contribution in [-0.4, -0.2) is 50.0 Å². The van der Waals surface area contributed by atoms with Gasteiger partial charge in [0.2, 0.25) is 11.6 Å². The van der Waals surface area contributed by atoms with E-state index in [-0.39, 0.29) is 18.3 Å². The van der Waals surface area contributed by atoms with Crippen LogP contribution in [0.4, 0.5) is 10.2 Å². The van der Waals surface area contributed by atoms with E-state index in [1.54, 1.807) is 29.4 Å². The number of aryl methyl sites for hydroxylation is 1. The number of nitrogens with zero attached hydrogens (tertiary/aromatic N) is 6. The number of rotatable bonds is 3. The van der Waals surface area contributed by atoms with Crippen LogP contribution in [0.2, 0.25) is 0 Å². The van der Waals surface area contributed by atoms with Crippen molar-refractivity contribution in [1.82, 2.24) is 24.5 Å². The Morgan fingerprint density at radius 1 is 1.16 bits per heavy atom. The lowest BCUT2D eigenvalue weighted by Gasteiger charge is -2.34. The van der Waals surface area contributed by atoms with Crippen molar-refractivity contribution in [2.24, 2.45) is 0 Å². The van der Waals surface area contributed by atoms with Crippen LogP contribution in [0.5, 0.6) is 0 Å². The third-order valence-corrected chi connectivity index (χ3v) is 4.38. The van der Waals surface area contributed by atoms with Crippen LogP contribution in [0, 0.1) is 12.7 Å². The van der Waals surface area contributed by atoms with Gasteiger partial charge < -0.3 is 9.80 Å². The summed E-state index contributed by atoms with van der Waals surface area (Å²) in [6, 6.07) is 6.23. The molecule has 7 nitrogen and oxygen atoms in total. The fraction of sp³-hybridized carbons (Fsp3) is 0.294. The van der Waals surface area contributed by atoms with Crippen LogP contribution >= 0.6 is 0 Å². The topological polar surface area (TPSA) is 66.6 Å². The molecule has 8 heteroatoms. The van der Waals surface area contributed by atoms with Crippen molar-refractivity contribution in [3.8, 4) is 0 Å². The van der Waals surface area contributed by atoms with Gasteiger partial charge in [0.15, 0.2) is 5.82 Å². The zero-order valence-electron chi connectivity index (χ0n) is 13.8. The molecule has 0 aliphatic carbocycles. The fourth-order valence-corrected chi connectivity index (χ4v) is 3.02. The van der Waals surface area contributed by atoms with Crippen molar-refractivity contribution >= 4 is 17.4 Å². The van der Waals surface area contributed by atoms with Gasteiger partial charge in [-0.05, 0) is 24.6 Å². The lowest BCUT2D eigenvalue weighted by molar-refractivity contribution is -0.131. The molecule has 0 spiro atoms. The van der Waals surface area contributed by atoms with Crippen LogP contribution in [-0.2, 0) is 11.3 Å². The Balaban J connectivity index is 1.51. The molecule has 1 aliphatic rings. The molecule has 1 saturated heterocycles. The number of halogens is 1. The number of hydrogen-bond acceptors (Lipinski definition) is 5. The highest BCUT2D eigenvalue weighted by Gasteiger charge is 2.26. The predicted octanol–water partition coefficient (Wildman–Crippen LogP) is 1.42. The van der Waals surface area contributed by atoms with Crippen molar-refractivity contribution in [2.45, 2.75) is 13.5 Å². The van der Waals surface area contributed by atoms with Crippen LogP contribution in [0.3, 0.4) is 0 Å². The van der Waals surface area contributed by atoms with E-state index >= 15 is 0 Å².